The van der Waals surface area contributed by atoms with Crippen LogP contribution in [-0.2, 0) is 4.74 Å². The van der Waals surface area contributed by atoms with Gasteiger partial charge in [-0.05, 0) is 27.2 Å². The van der Waals surface area contributed by atoms with Crippen LogP contribution in [0.5, 0.6) is 0 Å². The highest BCUT2D eigenvalue weighted by atomic mass is 16.6. The van der Waals surface area contributed by atoms with E-state index in [-0.39, 0.29) is 13.2 Å². The molecular weight excluding hydrogens is 232 g/mol. The fourth-order valence-electron chi connectivity index (χ4n) is 1.42. The predicted octanol–water partition coefficient (Wildman–Crippen LogP) is 2.30. The van der Waals surface area contributed by atoms with E-state index in [0.717, 1.165) is 19.4 Å². The lowest BCUT2D eigenvalue weighted by Crippen LogP contribution is -2.47. The van der Waals surface area contributed by atoms with Crippen molar-refractivity contribution in [2.75, 3.05) is 19.7 Å². The van der Waals surface area contributed by atoms with Gasteiger partial charge in [-0.3, -0.25) is 0 Å². The van der Waals surface area contributed by atoms with Gasteiger partial charge in [0, 0.05) is 6.54 Å². The van der Waals surface area contributed by atoms with Crippen LogP contribution in [0.4, 0.5) is 4.79 Å². The van der Waals surface area contributed by atoms with Crippen molar-refractivity contribution >= 4 is 6.09 Å². The summed E-state index contributed by atoms with van der Waals surface area (Å²) in [6.07, 6.45) is 4.11. The molecule has 0 aromatic rings. The lowest BCUT2D eigenvalue weighted by atomic mass is 10.2. The molecule has 2 N–H and O–H groups in total. The molecule has 0 radical (unpaired) electrons. The third kappa shape index (κ3) is 9.24. The number of hydrazine groups is 1. The molecule has 0 aliphatic carbocycles. The zero-order chi connectivity index (χ0) is 14.0. The molecule has 0 saturated carbocycles. The Labute approximate surface area is 110 Å². The van der Waals surface area contributed by atoms with Crippen molar-refractivity contribution in [1.29, 1.82) is 0 Å². The van der Waals surface area contributed by atoms with Gasteiger partial charge in [-0.1, -0.05) is 26.2 Å². The number of hydrogen-bond acceptors (Lipinski definition) is 4. The summed E-state index contributed by atoms with van der Waals surface area (Å²) in [6, 6.07) is 0. The maximum atomic E-state index is 11.8. The van der Waals surface area contributed by atoms with Crippen LogP contribution < -0.4 is 5.43 Å². The molecule has 5 nitrogen and oxygen atoms in total. The van der Waals surface area contributed by atoms with Crippen LogP contribution in [-0.4, -0.2) is 41.5 Å². The van der Waals surface area contributed by atoms with Crippen molar-refractivity contribution in [3.8, 4) is 0 Å². The van der Waals surface area contributed by atoms with E-state index in [4.69, 9.17) is 9.84 Å². The Hall–Kier alpha value is -0.810. The second kappa shape index (κ2) is 9.16. The molecule has 0 aromatic carbocycles. The van der Waals surface area contributed by atoms with E-state index in [1.807, 2.05) is 20.8 Å². The molecule has 0 saturated heterocycles. The van der Waals surface area contributed by atoms with Gasteiger partial charge in [0.2, 0.25) is 0 Å². The Balaban J connectivity index is 4.01. The summed E-state index contributed by atoms with van der Waals surface area (Å²) in [5.41, 5.74) is 2.48. The van der Waals surface area contributed by atoms with Crippen LogP contribution in [0, 0.1) is 0 Å². The minimum Gasteiger partial charge on any atom is -0.443 e. The topological polar surface area (TPSA) is 61.8 Å². The number of amides is 1. The maximum absolute atomic E-state index is 11.8. The van der Waals surface area contributed by atoms with E-state index in [9.17, 15) is 4.79 Å². The minimum atomic E-state index is -0.519. The van der Waals surface area contributed by atoms with Gasteiger partial charge >= 0.3 is 6.09 Å². The fraction of sp³-hybridized carbons (Fsp3) is 0.923. The number of nitrogens with zero attached hydrogens (tertiary/aromatic N) is 1. The van der Waals surface area contributed by atoms with E-state index in [1.54, 1.807) is 0 Å². The molecular formula is C13H28N2O3. The molecule has 0 unspecified atom stereocenters. The number of ether oxygens (including phenoxy) is 1. The molecule has 1 amide bonds. The summed E-state index contributed by atoms with van der Waals surface area (Å²) in [4.78, 5) is 11.8. The fourth-order valence-corrected chi connectivity index (χ4v) is 1.42. The van der Waals surface area contributed by atoms with Gasteiger partial charge in [-0.15, -0.1) is 0 Å². The predicted molar refractivity (Wildman–Crippen MR) is 72.2 cm³/mol. The average Bonchev–Trinajstić information content (AvgIpc) is 2.25. The van der Waals surface area contributed by atoms with Gasteiger partial charge in [0.1, 0.15) is 5.60 Å². The van der Waals surface area contributed by atoms with E-state index in [1.165, 1.54) is 17.9 Å². The average molecular weight is 260 g/mol. The lowest BCUT2D eigenvalue weighted by Gasteiger charge is -2.27. The number of aliphatic hydroxyl groups is 1. The molecule has 0 aliphatic rings. The summed E-state index contributed by atoms with van der Waals surface area (Å²) < 4.78 is 5.24. The van der Waals surface area contributed by atoms with Gasteiger partial charge in [0.25, 0.3) is 0 Å². The third-order valence-corrected chi connectivity index (χ3v) is 2.27. The highest BCUT2D eigenvalue weighted by Crippen LogP contribution is 2.09. The van der Waals surface area contributed by atoms with Crippen molar-refractivity contribution in [1.82, 2.24) is 10.4 Å². The SMILES string of the molecule is CCCCCCNN(CCO)C(=O)OC(C)(C)C. The number of carbonyl (C=O) groups is 1. The molecule has 0 aromatic heterocycles. The monoisotopic (exact) mass is 260 g/mol. The largest absolute Gasteiger partial charge is 0.443 e. The molecule has 0 spiro atoms. The van der Waals surface area contributed by atoms with Crippen LogP contribution in [0.25, 0.3) is 0 Å². The summed E-state index contributed by atoms with van der Waals surface area (Å²) in [5, 5.41) is 10.3. The van der Waals surface area contributed by atoms with Gasteiger partial charge in [-0.25, -0.2) is 15.2 Å². The van der Waals surface area contributed by atoms with Gasteiger partial charge < -0.3 is 9.84 Å². The molecule has 0 fully saturated rings. The van der Waals surface area contributed by atoms with Gasteiger partial charge in [0.05, 0.1) is 13.2 Å². The Morgan fingerprint density at radius 3 is 2.44 bits per heavy atom. The van der Waals surface area contributed by atoms with Crippen LogP contribution in [0.2, 0.25) is 0 Å². The van der Waals surface area contributed by atoms with Crippen LogP contribution in [0.3, 0.4) is 0 Å². The highest BCUT2D eigenvalue weighted by Gasteiger charge is 2.21. The highest BCUT2D eigenvalue weighted by molar-refractivity contribution is 5.67. The first-order valence-electron chi connectivity index (χ1n) is 6.75. The van der Waals surface area contributed by atoms with Gasteiger partial charge in [0.15, 0.2) is 0 Å². The molecule has 0 rings (SSSR count). The summed E-state index contributed by atoms with van der Waals surface area (Å²) in [5.74, 6) is 0. The first kappa shape index (κ1) is 17.2. The zero-order valence-electron chi connectivity index (χ0n) is 12.2. The second-order valence-corrected chi connectivity index (χ2v) is 5.32. The van der Waals surface area contributed by atoms with E-state index in [2.05, 4.69) is 12.3 Å². The molecule has 18 heavy (non-hydrogen) atoms. The van der Waals surface area contributed by atoms with Crippen molar-refractivity contribution in [3.63, 3.8) is 0 Å². The summed E-state index contributed by atoms with van der Waals surface area (Å²) in [6.45, 7) is 8.51. The molecule has 0 bridgehead atoms. The van der Waals surface area contributed by atoms with E-state index in [0.29, 0.717) is 0 Å². The van der Waals surface area contributed by atoms with E-state index >= 15 is 0 Å². The Kier molecular flexibility index (Phi) is 8.75. The molecule has 108 valence electrons. The molecule has 0 aliphatic heterocycles. The summed E-state index contributed by atoms with van der Waals surface area (Å²) in [7, 11) is 0. The van der Waals surface area contributed by atoms with Crippen LogP contribution in [0.1, 0.15) is 53.4 Å². The Bertz CT molecular complexity index is 227. The molecule has 0 atom stereocenters. The first-order valence-corrected chi connectivity index (χ1v) is 6.75. The van der Waals surface area contributed by atoms with Crippen molar-refractivity contribution in [2.45, 2.75) is 59.0 Å². The van der Waals surface area contributed by atoms with Crippen LogP contribution in [0.15, 0.2) is 0 Å². The van der Waals surface area contributed by atoms with Gasteiger partial charge in [-0.2, -0.15) is 0 Å². The number of unbranched alkanes of at least 4 members (excludes halogenated alkanes) is 3. The first-order chi connectivity index (χ1) is 8.40. The smallest absolute Gasteiger partial charge is 0.424 e. The third-order valence-electron chi connectivity index (χ3n) is 2.27. The number of aliphatic hydroxyl groups excluding tert-OH is 1. The summed E-state index contributed by atoms with van der Waals surface area (Å²) >= 11 is 0. The maximum Gasteiger partial charge on any atom is 0.424 e. The molecule has 5 heteroatoms. The van der Waals surface area contributed by atoms with Crippen molar-refractivity contribution in [2.24, 2.45) is 0 Å². The van der Waals surface area contributed by atoms with Crippen LogP contribution >= 0.6 is 0 Å². The normalized spacial score (nSPS) is 11.4. The number of nitrogens with one attached hydrogen (secondary N) is 1. The number of hydrogen-bond donors (Lipinski definition) is 2. The zero-order valence-corrected chi connectivity index (χ0v) is 12.2. The standard InChI is InChI=1S/C13H28N2O3/c1-5-6-7-8-9-14-15(10-11-16)12(17)18-13(2,3)4/h14,16H,5-11H2,1-4H3. The Morgan fingerprint density at radius 2 is 1.94 bits per heavy atom. The molecule has 0 heterocycles. The quantitative estimate of drug-likeness (QED) is 0.519. The second-order valence-electron chi connectivity index (χ2n) is 5.32. The minimum absolute atomic E-state index is 0.0821. The Morgan fingerprint density at radius 1 is 1.28 bits per heavy atom. The lowest BCUT2D eigenvalue weighted by molar-refractivity contribution is 0.00972. The number of rotatable bonds is 8. The van der Waals surface area contributed by atoms with E-state index < -0.39 is 11.7 Å². The number of carbonyl (C=O) groups excluding carboxylic acids is 1. The van der Waals surface area contributed by atoms with Crippen molar-refractivity contribution < 1.29 is 14.6 Å². The van der Waals surface area contributed by atoms with Crippen molar-refractivity contribution in [3.05, 3.63) is 0 Å².